The second kappa shape index (κ2) is 13.0. The molecule has 1 N–H and O–H groups in total. The molecule has 0 fully saturated rings. The largest absolute Gasteiger partial charge is 0.416 e. The number of amides is 1. The molecule has 0 aliphatic carbocycles. The first-order valence-corrected chi connectivity index (χ1v) is 17.3. The standard InChI is InChI=1S/C36H25F6N3O3S2/c1-20(2)21-7-11-27(12-8-21)50(47,48)45-33(46)29-6-4-3-5-28(29)32-19-49-34(44-32)23-10-14-30-22(15-23)9-13-31(43-30)24-16-25(35(37,38)39)18-26(17-24)36(40,41)42/h3-20H,1-2H3,(H,45,46). The molecule has 0 unspecified atom stereocenters. The monoisotopic (exact) mass is 725 g/mol. The van der Waals surface area contributed by atoms with Crippen molar-refractivity contribution in [3.05, 3.63) is 125 Å². The summed E-state index contributed by atoms with van der Waals surface area (Å²) >= 11 is 1.25. The number of benzene rings is 4. The molecule has 0 aliphatic rings. The molecular weight excluding hydrogens is 701 g/mol. The van der Waals surface area contributed by atoms with Gasteiger partial charge in [0, 0.05) is 33.0 Å². The number of alkyl halides is 6. The van der Waals surface area contributed by atoms with Crippen LogP contribution in [0, 0.1) is 0 Å². The average molecular weight is 726 g/mol. The zero-order valence-electron chi connectivity index (χ0n) is 26.1. The summed E-state index contributed by atoms with van der Waals surface area (Å²) in [4.78, 5) is 22.2. The summed E-state index contributed by atoms with van der Waals surface area (Å²) in [6.07, 6.45) is -9.98. The summed E-state index contributed by atoms with van der Waals surface area (Å²) in [5.41, 5.74) is -0.460. The van der Waals surface area contributed by atoms with Crippen LogP contribution in [0.1, 0.15) is 46.8 Å². The van der Waals surface area contributed by atoms with E-state index in [0.717, 1.165) is 5.56 Å². The second-order valence-electron chi connectivity index (χ2n) is 11.6. The van der Waals surface area contributed by atoms with Crippen LogP contribution < -0.4 is 4.72 Å². The molecule has 256 valence electrons. The van der Waals surface area contributed by atoms with E-state index in [-0.39, 0.29) is 33.7 Å². The maximum Gasteiger partial charge on any atom is 0.416 e. The van der Waals surface area contributed by atoms with Gasteiger partial charge in [-0.25, -0.2) is 23.1 Å². The van der Waals surface area contributed by atoms with Gasteiger partial charge in [0.15, 0.2) is 0 Å². The van der Waals surface area contributed by atoms with E-state index in [2.05, 4.69) is 14.7 Å². The number of sulfonamides is 1. The predicted molar refractivity (Wildman–Crippen MR) is 179 cm³/mol. The van der Waals surface area contributed by atoms with Crippen LogP contribution in [0.4, 0.5) is 26.3 Å². The predicted octanol–water partition coefficient (Wildman–Crippen LogP) is 9.97. The van der Waals surface area contributed by atoms with E-state index in [0.29, 0.717) is 44.9 Å². The third kappa shape index (κ3) is 7.26. The fraction of sp³-hybridized carbons (Fsp3) is 0.139. The second-order valence-corrected chi connectivity index (χ2v) is 14.2. The lowest BCUT2D eigenvalue weighted by atomic mass is 10.0. The molecular formula is C36H25F6N3O3S2. The highest BCUT2D eigenvalue weighted by Gasteiger charge is 2.37. The summed E-state index contributed by atoms with van der Waals surface area (Å²) in [6.45, 7) is 3.96. The topological polar surface area (TPSA) is 89.0 Å². The number of pyridine rings is 1. The molecule has 6 aromatic rings. The molecule has 14 heteroatoms. The minimum atomic E-state index is -4.99. The lowest BCUT2D eigenvalue weighted by Crippen LogP contribution is -2.31. The van der Waals surface area contributed by atoms with Gasteiger partial charge in [0.25, 0.3) is 15.9 Å². The fourth-order valence-electron chi connectivity index (χ4n) is 5.22. The van der Waals surface area contributed by atoms with E-state index >= 15 is 0 Å². The number of hydrogen-bond acceptors (Lipinski definition) is 6. The molecule has 0 bridgehead atoms. The van der Waals surface area contributed by atoms with Crippen molar-refractivity contribution in [3.63, 3.8) is 0 Å². The first kappa shape index (κ1) is 34.8. The molecule has 0 aliphatic heterocycles. The van der Waals surface area contributed by atoms with Crippen molar-refractivity contribution in [2.24, 2.45) is 0 Å². The quantitative estimate of drug-likeness (QED) is 0.166. The van der Waals surface area contributed by atoms with Crippen molar-refractivity contribution in [1.82, 2.24) is 14.7 Å². The first-order chi connectivity index (χ1) is 23.5. The summed E-state index contributed by atoms with van der Waals surface area (Å²) < 4.78 is 109. The molecule has 1 amide bonds. The summed E-state index contributed by atoms with van der Waals surface area (Å²) in [5.74, 6) is -0.634. The maximum absolute atomic E-state index is 13.4. The van der Waals surface area contributed by atoms with Gasteiger partial charge in [0.2, 0.25) is 0 Å². The molecule has 2 heterocycles. The highest BCUT2D eigenvalue weighted by atomic mass is 32.2. The molecule has 6 rings (SSSR count). The van der Waals surface area contributed by atoms with Crippen LogP contribution in [-0.4, -0.2) is 24.3 Å². The van der Waals surface area contributed by atoms with E-state index in [1.807, 2.05) is 13.8 Å². The number of carbonyl (C=O) groups is 1. The van der Waals surface area contributed by atoms with Gasteiger partial charge in [0.1, 0.15) is 5.01 Å². The maximum atomic E-state index is 13.4. The molecule has 0 radical (unpaired) electrons. The zero-order valence-corrected chi connectivity index (χ0v) is 27.7. The molecule has 4 aromatic carbocycles. The molecule has 0 spiro atoms. The van der Waals surface area contributed by atoms with Crippen LogP contribution in [-0.2, 0) is 22.4 Å². The van der Waals surface area contributed by atoms with Crippen molar-refractivity contribution in [3.8, 4) is 33.1 Å². The zero-order chi connectivity index (χ0) is 36.0. The normalized spacial score (nSPS) is 12.4. The van der Waals surface area contributed by atoms with Gasteiger partial charge in [-0.1, -0.05) is 50.2 Å². The van der Waals surface area contributed by atoms with Gasteiger partial charge in [-0.3, -0.25) is 4.79 Å². The number of carbonyl (C=O) groups excluding carboxylic acids is 1. The van der Waals surface area contributed by atoms with Crippen molar-refractivity contribution < 1.29 is 39.6 Å². The van der Waals surface area contributed by atoms with Crippen molar-refractivity contribution in [2.45, 2.75) is 37.0 Å². The number of thiazole rings is 1. The smallest absolute Gasteiger partial charge is 0.268 e. The van der Waals surface area contributed by atoms with E-state index < -0.39 is 39.4 Å². The van der Waals surface area contributed by atoms with Crippen molar-refractivity contribution >= 4 is 38.2 Å². The molecule has 0 atom stereocenters. The van der Waals surface area contributed by atoms with Gasteiger partial charge in [0.05, 0.1) is 32.9 Å². The number of nitrogens with one attached hydrogen (secondary N) is 1. The molecule has 50 heavy (non-hydrogen) atoms. The van der Waals surface area contributed by atoms with E-state index in [4.69, 9.17) is 0 Å². The van der Waals surface area contributed by atoms with E-state index in [1.54, 1.807) is 60.0 Å². The fourth-order valence-corrected chi connectivity index (χ4v) is 7.01. The molecule has 6 nitrogen and oxygen atoms in total. The first-order valence-electron chi connectivity index (χ1n) is 14.9. The minimum Gasteiger partial charge on any atom is -0.268 e. The van der Waals surface area contributed by atoms with E-state index in [9.17, 15) is 39.6 Å². The Hall–Kier alpha value is -5.08. The van der Waals surface area contributed by atoms with Crippen LogP contribution in [0.25, 0.3) is 44.0 Å². The Bertz CT molecular complexity index is 2320. The van der Waals surface area contributed by atoms with Gasteiger partial charge in [-0.05, 0) is 72.1 Å². The van der Waals surface area contributed by atoms with Crippen molar-refractivity contribution in [2.75, 3.05) is 0 Å². The van der Waals surface area contributed by atoms with Crippen molar-refractivity contribution in [1.29, 1.82) is 0 Å². The number of rotatable bonds is 7. The van der Waals surface area contributed by atoms with Crippen LogP contribution in [0.2, 0.25) is 0 Å². The summed E-state index contributed by atoms with van der Waals surface area (Å²) in [7, 11) is -4.17. The third-order valence-corrected chi connectivity index (χ3v) is 10.1. The number of fused-ring (bicyclic) bond motifs is 1. The van der Waals surface area contributed by atoms with Crippen LogP contribution in [0.15, 0.2) is 107 Å². The average Bonchev–Trinajstić information content (AvgIpc) is 3.57. The lowest BCUT2D eigenvalue weighted by Gasteiger charge is -2.14. The molecule has 2 aromatic heterocycles. The number of halogens is 6. The molecule has 0 saturated carbocycles. The van der Waals surface area contributed by atoms with Gasteiger partial charge < -0.3 is 0 Å². The van der Waals surface area contributed by atoms with Crippen LogP contribution >= 0.6 is 11.3 Å². The van der Waals surface area contributed by atoms with Gasteiger partial charge >= 0.3 is 12.4 Å². The Morgan fingerprint density at radius 1 is 0.740 bits per heavy atom. The number of nitrogens with zero attached hydrogens (tertiary/aromatic N) is 2. The van der Waals surface area contributed by atoms with E-state index in [1.165, 1.54) is 35.6 Å². The SMILES string of the molecule is CC(C)c1ccc(S(=O)(=O)NC(=O)c2ccccc2-c2csc(-c3ccc4nc(-c5cc(C(F)(F)F)cc(C(F)(F)F)c5)ccc4c3)n2)cc1. The number of hydrogen-bond donors (Lipinski definition) is 1. The van der Waals surface area contributed by atoms with Crippen LogP contribution in [0.3, 0.4) is 0 Å². The Labute approximate surface area is 286 Å². The Morgan fingerprint density at radius 2 is 1.40 bits per heavy atom. The van der Waals surface area contributed by atoms with Gasteiger partial charge in [-0.2, -0.15) is 26.3 Å². The Morgan fingerprint density at radius 3 is 2.04 bits per heavy atom. The highest BCUT2D eigenvalue weighted by Crippen LogP contribution is 2.39. The van der Waals surface area contributed by atoms with Gasteiger partial charge in [-0.15, -0.1) is 11.3 Å². The Kier molecular flexibility index (Phi) is 9.03. The molecule has 0 saturated heterocycles. The van der Waals surface area contributed by atoms with Crippen LogP contribution in [0.5, 0.6) is 0 Å². The lowest BCUT2D eigenvalue weighted by molar-refractivity contribution is -0.143. The Balaban J connectivity index is 1.27. The summed E-state index contributed by atoms with van der Waals surface area (Å²) in [5, 5.41) is 2.79. The number of aromatic nitrogens is 2. The summed E-state index contributed by atoms with van der Waals surface area (Å²) in [6, 6.07) is 21.9. The highest BCUT2D eigenvalue weighted by molar-refractivity contribution is 7.90. The minimum absolute atomic E-state index is 0.0533. The third-order valence-electron chi connectivity index (χ3n) is 7.86.